The first-order chi connectivity index (χ1) is 14.6. The van der Waals surface area contributed by atoms with Crippen molar-refractivity contribution < 1.29 is 9.18 Å². The molecule has 0 radical (unpaired) electrons. The minimum Gasteiger partial charge on any atom is -0.300 e. The smallest absolute Gasteiger partial charge is 0.126 e. The van der Waals surface area contributed by atoms with Crippen LogP contribution in [0.1, 0.15) is 91.2 Å². The van der Waals surface area contributed by atoms with Gasteiger partial charge in [-0.25, -0.2) is 4.39 Å². The van der Waals surface area contributed by atoms with Gasteiger partial charge in [-0.15, -0.1) is 0 Å². The van der Waals surface area contributed by atoms with Gasteiger partial charge < -0.3 is 4.79 Å². The summed E-state index contributed by atoms with van der Waals surface area (Å²) >= 11 is 0. The van der Waals surface area contributed by atoms with Crippen LogP contribution in [0.15, 0.2) is 59.6 Å². The van der Waals surface area contributed by atoms with Gasteiger partial charge in [-0.2, -0.15) is 0 Å². The van der Waals surface area contributed by atoms with Crippen LogP contribution in [-0.2, 0) is 10.2 Å². The summed E-state index contributed by atoms with van der Waals surface area (Å²) < 4.78 is 12.5. The Hall–Kier alpha value is -2.29. The number of Topliss-reactive ketones (excluding diaryl/α,β-unsaturated/α-hetero) is 1. The maximum absolute atomic E-state index is 12.5. The Morgan fingerprint density at radius 3 is 1.87 bits per heavy atom. The third-order valence-corrected chi connectivity index (χ3v) is 4.80. The zero-order chi connectivity index (χ0) is 23.9. The lowest BCUT2D eigenvalue weighted by molar-refractivity contribution is -0.114. The number of aliphatic imine (C=N–C) groups is 1. The highest BCUT2D eigenvalue weighted by Gasteiger charge is 2.15. The van der Waals surface area contributed by atoms with Crippen LogP contribution in [0.4, 0.5) is 4.39 Å². The molecule has 172 valence electrons. The number of hydrogen-bond acceptors (Lipinski definition) is 2. The lowest BCUT2D eigenvalue weighted by atomic mass is 9.87. The molecule has 2 nitrogen and oxygen atoms in total. The van der Waals surface area contributed by atoms with Crippen molar-refractivity contribution in [2.75, 3.05) is 7.05 Å². The van der Waals surface area contributed by atoms with Gasteiger partial charge in [0.05, 0.1) is 0 Å². The van der Waals surface area contributed by atoms with E-state index in [0.717, 1.165) is 12.8 Å². The third-order valence-electron chi connectivity index (χ3n) is 4.80. The van der Waals surface area contributed by atoms with Crippen molar-refractivity contribution >= 4 is 11.5 Å². The molecule has 0 aliphatic heterocycles. The van der Waals surface area contributed by atoms with Crippen LogP contribution in [-0.4, -0.2) is 18.5 Å². The molecule has 1 atom stereocenters. The molecule has 0 bridgehead atoms. The van der Waals surface area contributed by atoms with E-state index >= 15 is 0 Å². The summed E-state index contributed by atoms with van der Waals surface area (Å²) in [5, 5.41) is 0. The van der Waals surface area contributed by atoms with Crippen LogP contribution in [0, 0.1) is 5.82 Å². The van der Waals surface area contributed by atoms with Crippen molar-refractivity contribution in [3.05, 3.63) is 71.5 Å². The minimum absolute atomic E-state index is 0.119. The summed E-state index contributed by atoms with van der Waals surface area (Å²) in [7, 11) is 1.93. The summed E-state index contributed by atoms with van der Waals surface area (Å²) in [5.41, 5.74) is 4.05. The van der Waals surface area contributed by atoms with Crippen LogP contribution in [0.3, 0.4) is 0 Å². The van der Waals surface area contributed by atoms with Crippen LogP contribution < -0.4 is 0 Å². The van der Waals surface area contributed by atoms with Gasteiger partial charge >= 0.3 is 0 Å². The average molecular weight is 428 g/mol. The summed E-state index contributed by atoms with van der Waals surface area (Å²) in [6.45, 7) is 13.9. The zero-order valence-corrected chi connectivity index (χ0v) is 20.8. The van der Waals surface area contributed by atoms with Gasteiger partial charge in [-0.05, 0) is 61.8 Å². The number of ketones is 1. The number of rotatable bonds is 6. The van der Waals surface area contributed by atoms with Gasteiger partial charge in [0.1, 0.15) is 11.6 Å². The molecule has 0 fully saturated rings. The number of benzene rings is 2. The Morgan fingerprint density at radius 1 is 0.968 bits per heavy atom. The normalized spacial score (nSPS) is 12.1. The first-order valence-corrected chi connectivity index (χ1v) is 11.3. The maximum Gasteiger partial charge on any atom is 0.126 e. The van der Waals surface area contributed by atoms with E-state index in [9.17, 15) is 9.18 Å². The standard InChI is InChI=1S/C15H23N.C10H13F.C3H6O/c1-4-6-12-15(16-3)14(5-2)13-10-8-7-9-11-13;1-10(2,3)8-4-6-9(11)7-5-8;1-3(2)4/h7-11,14H,4-6,12H2,1-3H3;4-7H,1-3H3;1-2H3. The fraction of sp³-hybridized carbons (Fsp3) is 0.500. The molecule has 0 aliphatic rings. The van der Waals surface area contributed by atoms with E-state index in [1.807, 2.05) is 19.2 Å². The molecule has 3 heteroatoms. The van der Waals surface area contributed by atoms with Gasteiger partial charge in [0.25, 0.3) is 0 Å². The Labute approximate surface area is 190 Å². The predicted octanol–water partition coefficient (Wildman–Crippen LogP) is 8.16. The molecule has 31 heavy (non-hydrogen) atoms. The molecule has 2 aromatic carbocycles. The van der Waals surface area contributed by atoms with E-state index in [0.29, 0.717) is 5.92 Å². The lowest BCUT2D eigenvalue weighted by Gasteiger charge is -2.18. The highest BCUT2D eigenvalue weighted by molar-refractivity contribution is 5.90. The Bertz CT molecular complexity index is 754. The lowest BCUT2D eigenvalue weighted by Crippen LogP contribution is -2.12. The van der Waals surface area contributed by atoms with Crippen molar-refractivity contribution in [3.63, 3.8) is 0 Å². The fourth-order valence-corrected chi connectivity index (χ4v) is 3.10. The highest BCUT2D eigenvalue weighted by atomic mass is 19.1. The Morgan fingerprint density at radius 2 is 1.48 bits per heavy atom. The molecule has 2 rings (SSSR count). The van der Waals surface area contributed by atoms with Gasteiger partial charge in [0.15, 0.2) is 0 Å². The molecule has 0 aromatic heterocycles. The number of carbonyl (C=O) groups excluding carboxylic acids is 1. The van der Waals surface area contributed by atoms with E-state index < -0.39 is 0 Å². The first kappa shape index (κ1) is 28.7. The molecule has 0 N–H and O–H groups in total. The van der Waals surface area contributed by atoms with Crippen molar-refractivity contribution in [3.8, 4) is 0 Å². The monoisotopic (exact) mass is 427 g/mol. The van der Waals surface area contributed by atoms with Gasteiger partial charge in [0.2, 0.25) is 0 Å². The quantitative estimate of drug-likeness (QED) is 0.428. The van der Waals surface area contributed by atoms with Crippen LogP contribution in [0.25, 0.3) is 0 Å². The second-order valence-electron chi connectivity index (χ2n) is 8.86. The summed E-state index contributed by atoms with van der Waals surface area (Å²) in [6, 6.07) is 17.4. The Kier molecular flexibility index (Phi) is 14.4. The number of halogens is 1. The summed E-state index contributed by atoms with van der Waals surface area (Å²) in [5.74, 6) is 0.510. The summed E-state index contributed by atoms with van der Waals surface area (Å²) in [6.07, 6.45) is 4.76. The van der Waals surface area contributed by atoms with Gasteiger partial charge in [-0.3, -0.25) is 4.99 Å². The zero-order valence-electron chi connectivity index (χ0n) is 20.8. The molecule has 0 saturated heterocycles. The molecular formula is C28H42FNO. The van der Waals surface area contributed by atoms with Crippen LogP contribution in [0.2, 0.25) is 0 Å². The van der Waals surface area contributed by atoms with E-state index in [2.05, 4.69) is 69.9 Å². The molecule has 0 aliphatic carbocycles. The number of nitrogens with zero attached hydrogens (tertiary/aromatic N) is 1. The topological polar surface area (TPSA) is 29.4 Å². The van der Waals surface area contributed by atoms with E-state index in [1.54, 1.807) is 0 Å². The maximum atomic E-state index is 12.5. The SMILES string of the molecule is CC(C)(C)c1ccc(F)cc1.CC(C)=O.CCCCC(=NC)C(CC)c1ccccc1. The number of unbranched alkanes of at least 4 members (excludes halogenated alkanes) is 1. The number of hydrogen-bond donors (Lipinski definition) is 0. The van der Waals surface area contributed by atoms with Crippen LogP contribution >= 0.6 is 0 Å². The van der Waals surface area contributed by atoms with Gasteiger partial charge in [0, 0.05) is 18.7 Å². The molecule has 1 unspecified atom stereocenters. The van der Waals surface area contributed by atoms with E-state index in [1.165, 1.54) is 55.7 Å². The Balaban J connectivity index is 0.000000518. The van der Waals surface area contributed by atoms with Crippen LogP contribution in [0.5, 0.6) is 0 Å². The highest BCUT2D eigenvalue weighted by Crippen LogP contribution is 2.24. The summed E-state index contributed by atoms with van der Waals surface area (Å²) in [4.78, 5) is 13.9. The van der Waals surface area contributed by atoms with E-state index in [-0.39, 0.29) is 17.0 Å². The molecule has 0 saturated carbocycles. The predicted molar refractivity (Wildman–Crippen MR) is 134 cm³/mol. The van der Waals surface area contributed by atoms with Crippen molar-refractivity contribution in [2.45, 2.75) is 85.5 Å². The molecule has 0 amide bonds. The molecule has 0 spiro atoms. The fourth-order valence-electron chi connectivity index (χ4n) is 3.10. The largest absolute Gasteiger partial charge is 0.300 e. The average Bonchev–Trinajstić information content (AvgIpc) is 2.71. The minimum atomic E-state index is -0.169. The first-order valence-electron chi connectivity index (χ1n) is 11.3. The van der Waals surface area contributed by atoms with Crippen molar-refractivity contribution in [1.82, 2.24) is 0 Å². The number of carbonyl (C=O) groups is 1. The van der Waals surface area contributed by atoms with Crippen molar-refractivity contribution in [2.24, 2.45) is 4.99 Å². The van der Waals surface area contributed by atoms with E-state index in [4.69, 9.17) is 0 Å². The second kappa shape index (κ2) is 15.5. The molecule has 0 heterocycles. The molecular weight excluding hydrogens is 385 g/mol. The third kappa shape index (κ3) is 12.9. The van der Waals surface area contributed by atoms with Gasteiger partial charge in [-0.1, -0.05) is 83.5 Å². The van der Waals surface area contributed by atoms with Crippen molar-refractivity contribution in [1.29, 1.82) is 0 Å². The second-order valence-corrected chi connectivity index (χ2v) is 8.86. The molecule has 2 aromatic rings.